The van der Waals surface area contributed by atoms with Crippen molar-refractivity contribution in [3.8, 4) is 5.69 Å². The molecule has 3 aromatic carbocycles. The average Bonchev–Trinajstić information content (AvgIpc) is 3.61. The van der Waals surface area contributed by atoms with Gasteiger partial charge in [-0.15, -0.1) is 0 Å². The highest BCUT2D eigenvalue weighted by molar-refractivity contribution is 6.35. The van der Waals surface area contributed by atoms with Gasteiger partial charge < -0.3 is 9.47 Å². The summed E-state index contributed by atoms with van der Waals surface area (Å²) in [6, 6.07) is 21.9. The topological polar surface area (TPSA) is 45.6 Å². The minimum absolute atomic E-state index is 0.0256. The largest absolute Gasteiger partial charge is 0.326 e. The van der Waals surface area contributed by atoms with Crippen LogP contribution >= 0.6 is 23.2 Å². The predicted molar refractivity (Wildman–Crippen MR) is 142 cm³/mol. The number of nitrogens with zero attached hydrogens (tertiary/aromatic N) is 3. The molecule has 5 nitrogen and oxygen atoms in total. The molecule has 1 fully saturated rings. The van der Waals surface area contributed by atoms with Crippen molar-refractivity contribution in [3.63, 3.8) is 0 Å². The molecule has 186 valence electrons. The van der Waals surface area contributed by atoms with Gasteiger partial charge in [-0.05, 0) is 73.0 Å². The van der Waals surface area contributed by atoms with Crippen molar-refractivity contribution in [1.82, 2.24) is 9.47 Å². The SMILES string of the molecule is O=C(c1cc(Cl)cc(Cl)c1)N(CC(=O)N1c2ccccc2-n2cccc2C1c1ccc(F)cc1)C1CC1. The third-order valence-electron chi connectivity index (χ3n) is 6.84. The highest BCUT2D eigenvalue weighted by Crippen LogP contribution is 2.42. The molecule has 0 spiro atoms. The van der Waals surface area contributed by atoms with E-state index in [1.54, 1.807) is 40.1 Å². The number of rotatable bonds is 5. The van der Waals surface area contributed by atoms with Crippen LogP contribution in [-0.2, 0) is 4.79 Å². The van der Waals surface area contributed by atoms with Crippen LogP contribution in [0.2, 0.25) is 10.0 Å². The Morgan fingerprint density at radius 3 is 2.24 bits per heavy atom. The molecule has 6 rings (SSSR count). The monoisotopic (exact) mass is 533 g/mol. The van der Waals surface area contributed by atoms with E-state index in [2.05, 4.69) is 0 Å². The van der Waals surface area contributed by atoms with E-state index in [0.717, 1.165) is 35.5 Å². The molecule has 1 saturated carbocycles. The zero-order chi connectivity index (χ0) is 25.7. The quantitative estimate of drug-likeness (QED) is 0.287. The molecule has 0 bridgehead atoms. The van der Waals surface area contributed by atoms with Crippen LogP contribution in [0.1, 0.15) is 40.5 Å². The van der Waals surface area contributed by atoms with Crippen molar-refractivity contribution >= 4 is 40.7 Å². The van der Waals surface area contributed by atoms with Crippen LogP contribution in [-0.4, -0.2) is 33.9 Å². The highest BCUT2D eigenvalue weighted by Gasteiger charge is 2.40. The molecule has 1 unspecified atom stereocenters. The number of hydrogen-bond acceptors (Lipinski definition) is 2. The maximum Gasteiger partial charge on any atom is 0.254 e. The molecular weight excluding hydrogens is 512 g/mol. The minimum Gasteiger partial charge on any atom is -0.326 e. The number of carbonyl (C=O) groups is 2. The predicted octanol–water partition coefficient (Wildman–Crippen LogP) is 6.66. The molecule has 1 atom stereocenters. The second kappa shape index (κ2) is 9.36. The van der Waals surface area contributed by atoms with E-state index in [0.29, 0.717) is 15.6 Å². The zero-order valence-corrected chi connectivity index (χ0v) is 21.2. The molecule has 2 amide bonds. The van der Waals surface area contributed by atoms with Crippen molar-refractivity contribution in [1.29, 1.82) is 0 Å². The first-order valence-electron chi connectivity index (χ1n) is 12.0. The van der Waals surface area contributed by atoms with Crippen LogP contribution in [0.5, 0.6) is 0 Å². The Balaban J connectivity index is 1.41. The second-order valence-electron chi connectivity index (χ2n) is 9.33. The normalized spacial score (nSPS) is 16.2. The molecule has 0 radical (unpaired) electrons. The van der Waals surface area contributed by atoms with E-state index in [4.69, 9.17) is 23.2 Å². The first-order chi connectivity index (χ1) is 17.9. The number of hydrogen-bond donors (Lipinski definition) is 0. The summed E-state index contributed by atoms with van der Waals surface area (Å²) < 4.78 is 15.9. The molecule has 1 aromatic heterocycles. The molecule has 0 saturated heterocycles. The zero-order valence-electron chi connectivity index (χ0n) is 19.7. The number of carbonyl (C=O) groups excluding carboxylic acids is 2. The van der Waals surface area contributed by atoms with Crippen molar-refractivity contribution in [3.05, 3.63) is 118 Å². The fourth-order valence-electron chi connectivity index (χ4n) is 5.04. The van der Waals surface area contributed by atoms with Gasteiger partial charge in [-0.3, -0.25) is 14.5 Å². The molecular formula is C29H22Cl2FN3O2. The Labute approximate surface area is 223 Å². The van der Waals surface area contributed by atoms with Crippen molar-refractivity contribution in [2.45, 2.75) is 24.9 Å². The van der Waals surface area contributed by atoms with E-state index >= 15 is 0 Å². The van der Waals surface area contributed by atoms with Crippen LogP contribution in [0, 0.1) is 5.82 Å². The number of fused-ring (bicyclic) bond motifs is 3. The molecule has 8 heteroatoms. The molecule has 4 aromatic rings. The van der Waals surface area contributed by atoms with Gasteiger partial charge in [0.15, 0.2) is 0 Å². The van der Waals surface area contributed by atoms with Crippen LogP contribution in [0.3, 0.4) is 0 Å². The van der Waals surface area contributed by atoms with Gasteiger partial charge >= 0.3 is 0 Å². The van der Waals surface area contributed by atoms with E-state index in [-0.39, 0.29) is 30.2 Å². The van der Waals surface area contributed by atoms with Gasteiger partial charge in [-0.2, -0.15) is 0 Å². The van der Waals surface area contributed by atoms with Gasteiger partial charge in [0.1, 0.15) is 18.4 Å². The summed E-state index contributed by atoms with van der Waals surface area (Å²) in [6.07, 6.45) is 3.61. The van der Waals surface area contributed by atoms with Crippen LogP contribution in [0.25, 0.3) is 5.69 Å². The van der Waals surface area contributed by atoms with Gasteiger partial charge in [-0.25, -0.2) is 4.39 Å². The number of anilines is 1. The van der Waals surface area contributed by atoms with Gasteiger partial charge in [0.05, 0.1) is 17.1 Å². The fourth-order valence-corrected chi connectivity index (χ4v) is 5.57. The summed E-state index contributed by atoms with van der Waals surface area (Å²) in [4.78, 5) is 31.0. The Morgan fingerprint density at radius 2 is 1.57 bits per heavy atom. The number of amides is 2. The van der Waals surface area contributed by atoms with Crippen LogP contribution in [0.4, 0.5) is 10.1 Å². The summed E-state index contributed by atoms with van der Waals surface area (Å²) in [7, 11) is 0. The van der Waals surface area contributed by atoms with Gasteiger partial charge in [0.25, 0.3) is 5.91 Å². The summed E-state index contributed by atoms with van der Waals surface area (Å²) in [6.45, 7) is -0.111. The van der Waals surface area contributed by atoms with Crippen molar-refractivity contribution in [2.75, 3.05) is 11.4 Å². The lowest BCUT2D eigenvalue weighted by molar-refractivity contribution is -0.119. The molecule has 0 N–H and O–H groups in total. The fraction of sp³-hybridized carbons (Fsp3) is 0.172. The summed E-state index contributed by atoms with van der Waals surface area (Å²) >= 11 is 12.3. The van der Waals surface area contributed by atoms with E-state index in [1.165, 1.54) is 12.1 Å². The number of halogens is 3. The second-order valence-corrected chi connectivity index (χ2v) is 10.2. The number of aromatic nitrogens is 1. The van der Waals surface area contributed by atoms with E-state index < -0.39 is 6.04 Å². The first kappa shape index (κ1) is 23.8. The molecule has 1 aliphatic heterocycles. The van der Waals surface area contributed by atoms with E-state index in [9.17, 15) is 14.0 Å². The third-order valence-corrected chi connectivity index (χ3v) is 7.27. The Hall–Kier alpha value is -3.61. The van der Waals surface area contributed by atoms with Crippen LogP contribution < -0.4 is 4.90 Å². The van der Waals surface area contributed by atoms with Crippen molar-refractivity contribution < 1.29 is 14.0 Å². The van der Waals surface area contributed by atoms with Gasteiger partial charge in [-0.1, -0.05) is 47.5 Å². The van der Waals surface area contributed by atoms with Gasteiger partial charge in [0, 0.05) is 27.8 Å². The number of benzene rings is 3. The smallest absolute Gasteiger partial charge is 0.254 e. The lowest BCUT2D eigenvalue weighted by Gasteiger charge is -2.39. The molecule has 37 heavy (non-hydrogen) atoms. The molecule has 1 aliphatic carbocycles. The standard InChI is InChI=1S/C29H22Cl2FN3O2/c30-20-14-19(15-21(31)16-20)29(37)34(23-11-12-23)17-27(36)35-25-5-2-1-4-24(25)33-13-3-6-26(33)28(35)18-7-9-22(32)10-8-18/h1-10,13-16,23,28H,11-12,17H2. The van der Waals surface area contributed by atoms with Gasteiger partial charge in [0.2, 0.25) is 5.91 Å². The van der Waals surface area contributed by atoms with Crippen LogP contribution in [0.15, 0.2) is 85.1 Å². The summed E-state index contributed by atoms with van der Waals surface area (Å²) in [5.41, 5.74) is 3.58. The first-order valence-corrected chi connectivity index (χ1v) is 12.8. The number of para-hydroxylation sites is 2. The summed E-state index contributed by atoms with van der Waals surface area (Å²) in [5.74, 6) is -0.867. The Morgan fingerprint density at radius 1 is 0.892 bits per heavy atom. The van der Waals surface area contributed by atoms with Crippen molar-refractivity contribution in [2.24, 2.45) is 0 Å². The Kier molecular flexibility index (Phi) is 6.01. The maximum atomic E-state index is 14.2. The maximum absolute atomic E-state index is 14.2. The third kappa shape index (κ3) is 4.41. The lowest BCUT2D eigenvalue weighted by Crippen LogP contribution is -2.47. The van der Waals surface area contributed by atoms with E-state index in [1.807, 2.05) is 47.2 Å². The molecule has 2 aliphatic rings. The minimum atomic E-state index is -0.491. The highest BCUT2D eigenvalue weighted by atomic mass is 35.5. The molecule has 2 heterocycles. The lowest BCUT2D eigenvalue weighted by atomic mass is 9.97. The average molecular weight is 534 g/mol. The Bertz CT molecular complexity index is 1490. The summed E-state index contributed by atoms with van der Waals surface area (Å²) in [5, 5.41) is 0.722.